The quantitative estimate of drug-likeness (QED) is 0.241. The first-order valence-corrected chi connectivity index (χ1v) is 7.09. The first-order chi connectivity index (χ1) is 10.3. The van der Waals surface area contributed by atoms with E-state index in [0.29, 0.717) is 0 Å². The predicted octanol–water partition coefficient (Wildman–Crippen LogP) is -4.21. The number of aliphatic hydroxyl groups excluding tert-OH is 7. The molecular weight excluding hydrogens is 298 g/mol. The standard InChI is InChI=1S/C13H23NO8/c1-4-7(10(18)12(20)13(21)22-4)14-6-2-5(3-15)8(16)11(19)9(6)17/h2,4,6-21H,3H2,1H3/t4?,6-,7+,8?,9-,10-,11-,12+,13+/m0/s1. The molecule has 8 N–H and O–H groups in total. The minimum atomic E-state index is -1.52. The molecular formula is C13H23NO8. The minimum Gasteiger partial charge on any atom is -0.392 e. The topological polar surface area (TPSA) is 163 Å². The lowest BCUT2D eigenvalue weighted by Gasteiger charge is -2.43. The third kappa shape index (κ3) is 3.18. The lowest BCUT2D eigenvalue weighted by atomic mass is 9.86. The molecule has 0 amide bonds. The van der Waals surface area contributed by atoms with Gasteiger partial charge in [0.1, 0.15) is 30.5 Å². The van der Waals surface area contributed by atoms with Crippen LogP contribution >= 0.6 is 0 Å². The molecule has 0 aromatic carbocycles. The second-order valence-electron chi connectivity index (χ2n) is 5.76. The van der Waals surface area contributed by atoms with Crippen LogP contribution in [0.15, 0.2) is 11.6 Å². The van der Waals surface area contributed by atoms with E-state index in [0.717, 1.165) is 0 Å². The minimum absolute atomic E-state index is 0.134. The van der Waals surface area contributed by atoms with E-state index >= 15 is 0 Å². The highest BCUT2D eigenvalue weighted by Gasteiger charge is 2.45. The lowest BCUT2D eigenvalue weighted by molar-refractivity contribution is -0.254. The molecule has 1 aliphatic heterocycles. The molecule has 9 atom stereocenters. The molecule has 0 radical (unpaired) electrons. The van der Waals surface area contributed by atoms with Crippen LogP contribution in [0.1, 0.15) is 6.92 Å². The van der Waals surface area contributed by atoms with Crippen molar-refractivity contribution in [1.29, 1.82) is 0 Å². The molecule has 1 heterocycles. The Hall–Kier alpha value is -0.620. The van der Waals surface area contributed by atoms with Crippen LogP contribution in [0.4, 0.5) is 0 Å². The normalized spacial score (nSPS) is 49.8. The summed E-state index contributed by atoms with van der Waals surface area (Å²) < 4.78 is 5.08. The molecule has 9 nitrogen and oxygen atoms in total. The third-order valence-electron chi connectivity index (χ3n) is 4.25. The van der Waals surface area contributed by atoms with Crippen LogP contribution in [0.2, 0.25) is 0 Å². The number of hydrogen-bond acceptors (Lipinski definition) is 9. The van der Waals surface area contributed by atoms with Gasteiger partial charge >= 0.3 is 0 Å². The highest BCUT2D eigenvalue weighted by Crippen LogP contribution is 2.24. The summed E-state index contributed by atoms with van der Waals surface area (Å²) in [6.07, 6.45) is -7.99. The van der Waals surface area contributed by atoms with Gasteiger partial charge in [-0.25, -0.2) is 0 Å². The molecule has 2 unspecified atom stereocenters. The number of ether oxygens (including phenoxy) is 1. The summed E-state index contributed by atoms with van der Waals surface area (Å²) in [7, 11) is 0. The van der Waals surface area contributed by atoms with Crippen molar-refractivity contribution in [1.82, 2.24) is 5.32 Å². The third-order valence-corrected chi connectivity index (χ3v) is 4.25. The van der Waals surface area contributed by atoms with Crippen molar-refractivity contribution in [3.63, 3.8) is 0 Å². The van der Waals surface area contributed by atoms with Gasteiger partial charge in [-0.05, 0) is 12.5 Å². The maximum Gasteiger partial charge on any atom is 0.183 e. The van der Waals surface area contributed by atoms with Gasteiger partial charge < -0.3 is 45.8 Å². The van der Waals surface area contributed by atoms with E-state index in [4.69, 9.17) is 4.74 Å². The Morgan fingerprint density at radius 3 is 2.23 bits per heavy atom. The molecule has 2 aliphatic rings. The van der Waals surface area contributed by atoms with Crippen molar-refractivity contribution >= 4 is 0 Å². The summed E-state index contributed by atoms with van der Waals surface area (Å²) in [5, 5.41) is 70.6. The SMILES string of the molecule is CC1O[C@@H](O)[C@H](O)[C@@H](O)[C@@H]1N[C@H]1C=C(CO)C(O)[C@H](O)[C@H]1O. The van der Waals surface area contributed by atoms with E-state index in [-0.39, 0.29) is 5.57 Å². The van der Waals surface area contributed by atoms with E-state index in [1.54, 1.807) is 6.92 Å². The van der Waals surface area contributed by atoms with Crippen molar-refractivity contribution in [3.8, 4) is 0 Å². The fourth-order valence-corrected chi connectivity index (χ4v) is 2.84. The van der Waals surface area contributed by atoms with Crippen molar-refractivity contribution < 1.29 is 40.5 Å². The van der Waals surface area contributed by atoms with Gasteiger partial charge in [0.15, 0.2) is 6.29 Å². The molecule has 0 aromatic rings. The average molecular weight is 321 g/mol. The van der Waals surface area contributed by atoms with Crippen LogP contribution in [-0.2, 0) is 4.74 Å². The molecule has 0 spiro atoms. The second kappa shape index (κ2) is 6.87. The van der Waals surface area contributed by atoms with Gasteiger partial charge in [-0.2, -0.15) is 0 Å². The number of aliphatic hydroxyl groups is 7. The molecule has 0 aromatic heterocycles. The van der Waals surface area contributed by atoms with E-state index in [2.05, 4.69) is 5.32 Å². The van der Waals surface area contributed by atoms with Gasteiger partial charge in [0.05, 0.1) is 24.8 Å². The van der Waals surface area contributed by atoms with Gasteiger partial charge in [-0.1, -0.05) is 6.08 Å². The molecule has 1 saturated heterocycles. The van der Waals surface area contributed by atoms with Crippen molar-refractivity contribution in [2.75, 3.05) is 6.61 Å². The molecule has 1 fully saturated rings. The summed E-state index contributed by atoms with van der Waals surface area (Å²) in [5.74, 6) is 0. The Bertz CT molecular complexity index is 419. The molecule has 9 heteroatoms. The van der Waals surface area contributed by atoms with Gasteiger partial charge in [0.25, 0.3) is 0 Å². The van der Waals surface area contributed by atoms with Crippen LogP contribution < -0.4 is 5.32 Å². The zero-order valence-corrected chi connectivity index (χ0v) is 12.0. The Balaban J connectivity index is 2.16. The van der Waals surface area contributed by atoms with E-state index in [1.807, 2.05) is 0 Å². The van der Waals surface area contributed by atoms with E-state index in [1.165, 1.54) is 6.08 Å². The monoisotopic (exact) mass is 321 g/mol. The number of rotatable bonds is 3. The summed E-state index contributed by atoms with van der Waals surface area (Å²) >= 11 is 0. The summed E-state index contributed by atoms with van der Waals surface area (Å²) in [5.41, 5.74) is 0.134. The molecule has 128 valence electrons. The molecule has 0 bridgehead atoms. The smallest absolute Gasteiger partial charge is 0.183 e. The molecule has 22 heavy (non-hydrogen) atoms. The largest absolute Gasteiger partial charge is 0.392 e. The lowest BCUT2D eigenvalue weighted by Crippen LogP contribution is -2.66. The van der Waals surface area contributed by atoms with Crippen molar-refractivity contribution in [2.24, 2.45) is 0 Å². The van der Waals surface area contributed by atoms with Crippen molar-refractivity contribution in [3.05, 3.63) is 11.6 Å². The molecule has 1 aliphatic carbocycles. The van der Waals surface area contributed by atoms with Gasteiger partial charge in [-0.3, -0.25) is 0 Å². The van der Waals surface area contributed by atoms with Gasteiger partial charge in [-0.15, -0.1) is 0 Å². The Labute approximate surface area is 127 Å². The fourth-order valence-electron chi connectivity index (χ4n) is 2.84. The molecule has 2 rings (SSSR count). The molecule has 0 saturated carbocycles. The maximum atomic E-state index is 10.0. The zero-order valence-electron chi connectivity index (χ0n) is 12.0. The summed E-state index contributed by atoms with van der Waals surface area (Å²) in [4.78, 5) is 0. The first-order valence-electron chi connectivity index (χ1n) is 7.09. The number of nitrogens with one attached hydrogen (secondary N) is 1. The maximum absolute atomic E-state index is 10.0. The van der Waals surface area contributed by atoms with Crippen LogP contribution in [0.5, 0.6) is 0 Å². The highest BCUT2D eigenvalue weighted by atomic mass is 16.6. The predicted molar refractivity (Wildman–Crippen MR) is 72.5 cm³/mol. The first kappa shape index (κ1) is 17.7. The van der Waals surface area contributed by atoms with Crippen molar-refractivity contribution in [2.45, 2.75) is 61.9 Å². The fraction of sp³-hybridized carbons (Fsp3) is 0.846. The Morgan fingerprint density at radius 2 is 1.64 bits per heavy atom. The summed E-state index contributed by atoms with van der Waals surface area (Å²) in [6, 6.07) is -1.72. The van der Waals surface area contributed by atoms with E-state index < -0.39 is 61.6 Å². The van der Waals surface area contributed by atoms with Crippen LogP contribution in [0.25, 0.3) is 0 Å². The Morgan fingerprint density at radius 1 is 1.00 bits per heavy atom. The summed E-state index contributed by atoms with van der Waals surface area (Å²) in [6.45, 7) is 1.07. The zero-order chi connectivity index (χ0) is 16.6. The van der Waals surface area contributed by atoms with Crippen LogP contribution in [0, 0.1) is 0 Å². The highest BCUT2D eigenvalue weighted by molar-refractivity contribution is 5.22. The van der Waals surface area contributed by atoms with Gasteiger partial charge in [0, 0.05) is 0 Å². The van der Waals surface area contributed by atoms with Gasteiger partial charge in [0.2, 0.25) is 0 Å². The Kier molecular flexibility index (Phi) is 5.54. The average Bonchev–Trinajstić information content (AvgIpc) is 2.49. The number of hydrogen-bond donors (Lipinski definition) is 8. The van der Waals surface area contributed by atoms with Crippen LogP contribution in [0.3, 0.4) is 0 Å². The van der Waals surface area contributed by atoms with E-state index in [9.17, 15) is 35.7 Å². The van der Waals surface area contributed by atoms with Crippen LogP contribution in [-0.4, -0.2) is 97.4 Å². The second-order valence-corrected chi connectivity index (χ2v) is 5.76.